The van der Waals surface area contributed by atoms with E-state index in [1.807, 2.05) is 54.6 Å². The molecule has 0 aliphatic heterocycles. The Bertz CT molecular complexity index is 840. The number of hydrogen-bond donors (Lipinski definition) is 1. The topological polar surface area (TPSA) is 77.2 Å². The van der Waals surface area contributed by atoms with Crippen LogP contribution in [0.4, 0.5) is 6.01 Å². The van der Waals surface area contributed by atoms with Gasteiger partial charge in [-0.1, -0.05) is 34.9 Å². The van der Waals surface area contributed by atoms with Crippen molar-refractivity contribution in [1.29, 1.82) is 0 Å². The van der Waals surface area contributed by atoms with Gasteiger partial charge >= 0.3 is 6.01 Å². The summed E-state index contributed by atoms with van der Waals surface area (Å²) in [6.45, 7) is 0.138. The molecule has 1 aromatic heterocycles. The molecule has 0 aliphatic carbocycles. The number of benzene rings is 2. The van der Waals surface area contributed by atoms with E-state index in [-0.39, 0.29) is 18.5 Å². The normalized spacial score (nSPS) is 10.5. The molecule has 6 nitrogen and oxygen atoms in total. The van der Waals surface area contributed by atoms with E-state index >= 15 is 0 Å². The minimum absolute atomic E-state index is 0.0677. The first-order valence-corrected chi connectivity index (χ1v) is 9.24. The fraction of sp³-hybridized carbons (Fsp3) is 0.167. The van der Waals surface area contributed by atoms with Crippen LogP contribution >= 0.6 is 23.4 Å². The molecule has 0 unspecified atom stereocenters. The van der Waals surface area contributed by atoms with Gasteiger partial charge in [-0.2, -0.15) is 0 Å². The van der Waals surface area contributed by atoms with Crippen LogP contribution in [-0.2, 0) is 11.4 Å². The number of amides is 1. The van der Waals surface area contributed by atoms with Crippen LogP contribution in [0.1, 0.15) is 12.3 Å². The third-order valence-electron chi connectivity index (χ3n) is 3.23. The van der Waals surface area contributed by atoms with Crippen LogP contribution in [0.3, 0.4) is 0 Å². The summed E-state index contributed by atoms with van der Waals surface area (Å²) in [5.41, 5.74) is 0. The molecule has 26 heavy (non-hydrogen) atoms. The minimum atomic E-state index is -0.189. The van der Waals surface area contributed by atoms with E-state index in [1.54, 1.807) is 11.8 Å². The highest BCUT2D eigenvalue weighted by Crippen LogP contribution is 2.21. The summed E-state index contributed by atoms with van der Waals surface area (Å²) >= 11 is 7.41. The average Bonchev–Trinajstić information content (AvgIpc) is 3.10. The first-order valence-electron chi connectivity index (χ1n) is 7.87. The fourth-order valence-electron chi connectivity index (χ4n) is 2.00. The SMILES string of the molecule is O=C(CCSc1ccc(Cl)cc1)Nc1nnc(COc2ccccc2)o1. The zero-order valence-electron chi connectivity index (χ0n) is 13.7. The van der Waals surface area contributed by atoms with Crippen LogP contribution < -0.4 is 10.1 Å². The number of anilines is 1. The Morgan fingerprint density at radius 1 is 1.12 bits per heavy atom. The molecule has 0 radical (unpaired) electrons. The second-order valence-electron chi connectivity index (χ2n) is 5.20. The molecule has 0 saturated heterocycles. The Labute approximate surface area is 159 Å². The Kier molecular flexibility index (Phi) is 6.51. The summed E-state index contributed by atoms with van der Waals surface area (Å²) in [5, 5.41) is 10.9. The van der Waals surface area contributed by atoms with Gasteiger partial charge in [-0.05, 0) is 36.4 Å². The number of ether oxygens (including phenoxy) is 1. The van der Waals surface area contributed by atoms with Crippen molar-refractivity contribution in [2.24, 2.45) is 0 Å². The lowest BCUT2D eigenvalue weighted by Gasteiger charge is -2.02. The molecule has 0 aliphatic rings. The first kappa shape index (κ1) is 18.3. The highest BCUT2D eigenvalue weighted by molar-refractivity contribution is 7.99. The Hall–Kier alpha value is -2.51. The van der Waals surface area contributed by atoms with Crippen LogP contribution in [0, 0.1) is 0 Å². The predicted molar refractivity (Wildman–Crippen MR) is 100 cm³/mol. The molecule has 0 spiro atoms. The maximum Gasteiger partial charge on any atom is 0.322 e. The van der Waals surface area contributed by atoms with Gasteiger partial charge in [0, 0.05) is 22.1 Å². The number of halogens is 1. The van der Waals surface area contributed by atoms with Gasteiger partial charge < -0.3 is 9.15 Å². The summed E-state index contributed by atoms with van der Waals surface area (Å²) in [5.74, 6) is 1.44. The number of carbonyl (C=O) groups is 1. The monoisotopic (exact) mass is 389 g/mol. The average molecular weight is 390 g/mol. The maximum atomic E-state index is 11.9. The fourth-order valence-corrected chi connectivity index (χ4v) is 2.98. The molecule has 134 valence electrons. The predicted octanol–water partition coefficient (Wildman–Crippen LogP) is 4.42. The summed E-state index contributed by atoms with van der Waals surface area (Å²) in [4.78, 5) is 13.0. The van der Waals surface area contributed by atoms with Crippen molar-refractivity contribution < 1.29 is 13.9 Å². The van der Waals surface area contributed by atoms with Crippen molar-refractivity contribution in [3.63, 3.8) is 0 Å². The van der Waals surface area contributed by atoms with Crippen LogP contribution in [0.25, 0.3) is 0 Å². The van der Waals surface area contributed by atoms with Gasteiger partial charge in [0.25, 0.3) is 5.89 Å². The molecular formula is C18H16ClN3O3S. The van der Waals surface area contributed by atoms with E-state index in [4.69, 9.17) is 20.8 Å². The Morgan fingerprint density at radius 3 is 2.65 bits per heavy atom. The summed E-state index contributed by atoms with van der Waals surface area (Å²) in [6.07, 6.45) is 0.325. The molecule has 3 rings (SSSR count). The van der Waals surface area contributed by atoms with Crippen molar-refractivity contribution in [3.05, 3.63) is 65.5 Å². The molecule has 3 aromatic rings. The van der Waals surface area contributed by atoms with Gasteiger partial charge in [-0.3, -0.25) is 10.1 Å². The molecule has 0 saturated carbocycles. The summed E-state index contributed by atoms with van der Waals surface area (Å²) < 4.78 is 10.9. The zero-order chi connectivity index (χ0) is 18.2. The molecule has 0 bridgehead atoms. The lowest BCUT2D eigenvalue weighted by Crippen LogP contribution is -2.12. The number of nitrogens with zero attached hydrogens (tertiary/aromatic N) is 2. The number of carbonyl (C=O) groups excluding carboxylic acids is 1. The van der Waals surface area contributed by atoms with E-state index in [1.165, 1.54) is 0 Å². The Balaban J connectivity index is 1.40. The van der Waals surface area contributed by atoms with E-state index in [0.717, 1.165) is 4.90 Å². The van der Waals surface area contributed by atoms with E-state index < -0.39 is 0 Å². The largest absolute Gasteiger partial charge is 0.484 e. The highest BCUT2D eigenvalue weighted by Gasteiger charge is 2.10. The number of aromatic nitrogens is 2. The zero-order valence-corrected chi connectivity index (χ0v) is 15.3. The van der Waals surface area contributed by atoms with Gasteiger partial charge in [-0.25, -0.2) is 0 Å². The van der Waals surface area contributed by atoms with E-state index in [0.29, 0.717) is 28.8 Å². The third-order valence-corrected chi connectivity index (χ3v) is 4.50. The van der Waals surface area contributed by atoms with Gasteiger partial charge in [-0.15, -0.1) is 16.9 Å². The number of para-hydroxylation sites is 1. The number of thioether (sulfide) groups is 1. The third kappa shape index (κ3) is 5.79. The van der Waals surface area contributed by atoms with Crippen molar-refractivity contribution in [1.82, 2.24) is 10.2 Å². The Morgan fingerprint density at radius 2 is 1.88 bits per heavy atom. The second kappa shape index (κ2) is 9.26. The summed E-state index contributed by atoms with van der Waals surface area (Å²) in [7, 11) is 0. The van der Waals surface area contributed by atoms with E-state index in [2.05, 4.69) is 15.5 Å². The molecule has 0 fully saturated rings. The van der Waals surface area contributed by atoms with Gasteiger partial charge in [0.05, 0.1) is 0 Å². The van der Waals surface area contributed by atoms with Crippen molar-refractivity contribution in [2.75, 3.05) is 11.1 Å². The molecular weight excluding hydrogens is 374 g/mol. The van der Waals surface area contributed by atoms with Gasteiger partial charge in [0.1, 0.15) is 5.75 Å². The molecule has 1 amide bonds. The maximum absolute atomic E-state index is 11.9. The lowest BCUT2D eigenvalue weighted by molar-refractivity contribution is -0.115. The van der Waals surface area contributed by atoms with Crippen LogP contribution in [0.2, 0.25) is 5.02 Å². The van der Waals surface area contributed by atoms with Gasteiger partial charge in [0.2, 0.25) is 5.91 Å². The molecule has 8 heteroatoms. The summed E-state index contributed by atoms with van der Waals surface area (Å²) in [6, 6.07) is 16.9. The molecule has 1 N–H and O–H groups in total. The number of rotatable bonds is 8. The first-order chi connectivity index (χ1) is 12.7. The van der Waals surface area contributed by atoms with Gasteiger partial charge in [0.15, 0.2) is 6.61 Å². The standard InChI is InChI=1S/C18H16ClN3O3S/c19-13-6-8-15(9-7-13)26-11-10-16(23)20-18-22-21-17(25-18)12-24-14-4-2-1-3-5-14/h1-9H,10-12H2,(H,20,22,23). The van der Waals surface area contributed by atoms with Crippen LogP contribution in [0.15, 0.2) is 63.9 Å². The molecule has 1 heterocycles. The van der Waals surface area contributed by atoms with Crippen molar-refractivity contribution in [2.45, 2.75) is 17.9 Å². The minimum Gasteiger partial charge on any atom is -0.484 e. The second-order valence-corrected chi connectivity index (χ2v) is 6.81. The van der Waals surface area contributed by atoms with E-state index in [9.17, 15) is 4.79 Å². The van der Waals surface area contributed by atoms with Crippen molar-refractivity contribution >= 4 is 35.3 Å². The molecule has 2 aromatic carbocycles. The van der Waals surface area contributed by atoms with Crippen LogP contribution in [0.5, 0.6) is 5.75 Å². The molecule has 0 atom stereocenters. The quantitative estimate of drug-likeness (QED) is 0.574. The van der Waals surface area contributed by atoms with Crippen LogP contribution in [-0.4, -0.2) is 21.9 Å². The lowest BCUT2D eigenvalue weighted by atomic mass is 10.3. The number of nitrogens with one attached hydrogen (secondary N) is 1. The highest BCUT2D eigenvalue weighted by atomic mass is 35.5. The smallest absolute Gasteiger partial charge is 0.322 e. The number of hydrogen-bond acceptors (Lipinski definition) is 6. The van der Waals surface area contributed by atoms with Crippen molar-refractivity contribution in [3.8, 4) is 5.75 Å².